The van der Waals surface area contributed by atoms with Gasteiger partial charge in [0.15, 0.2) is 11.4 Å². The van der Waals surface area contributed by atoms with E-state index in [1.807, 2.05) is 0 Å². The topological polar surface area (TPSA) is 78.5 Å². The van der Waals surface area contributed by atoms with E-state index in [2.05, 4.69) is 5.43 Å². The lowest BCUT2D eigenvalue weighted by atomic mass is 9.78. The molecule has 0 radical (unpaired) electrons. The highest BCUT2D eigenvalue weighted by molar-refractivity contribution is 5.85. The number of hydrazine groups is 1. The van der Waals surface area contributed by atoms with E-state index in [1.54, 1.807) is 37.1 Å². The summed E-state index contributed by atoms with van der Waals surface area (Å²) in [5, 5.41) is 1.76. The fourth-order valence-electron chi connectivity index (χ4n) is 5.30. The van der Waals surface area contributed by atoms with Crippen molar-refractivity contribution in [3.8, 4) is 0 Å². The number of hydrogen-bond donors (Lipinski definition) is 1. The molecule has 3 fully saturated rings. The van der Waals surface area contributed by atoms with Crippen molar-refractivity contribution in [2.24, 2.45) is 0 Å². The molecule has 11 heteroatoms. The zero-order chi connectivity index (χ0) is 27.6. The van der Waals surface area contributed by atoms with E-state index in [0.29, 0.717) is 31.9 Å². The summed E-state index contributed by atoms with van der Waals surface area (Å²) in [4.78, 5) is 13.9. The van der Waals surface area contributed by atoms with E-state index in [-0.39, 0.29) is 31.6 Å². The molecule has 2 aliphatic heterocycles. The Bertz CT molecular complexity index is 1180. The molecule has 2 saturated heterocycles. The molecule has 0 aromatic heterocycles. The van der Waals surface area contributed by atoms with Gasteiger partial charge in [-0.1, -0.05) is 24.3 Å². The van der Waals surface area contributed by atoms with Crippen molar-refractivity contribution in [1.29, 1.82) is 0 Å². The smallest absolute Gasteiger partial charge is 0.266 e. The first-order valence-corrected chi connectivity index (χ1v) is 13.1. The molecule has 3 aliphatic rings. The Morgan fingerprint density at radius 3 is 2.49 bits per heavy atom. The lowest BCUT2D eigenvalue weighted by Crippen LogP contribution is -2.63. The van der Waals surface area contributed by atoms with Crippen LogP contribution >= 0.6 is 0 Å². The monoisotopic (exact) mass is 550 g/mol. The predicted molar refractivity (Wildman–Crippen MR) is 132 cm³/mol. The number of carbonyl (C=O) groups is 1. The molecule has 212 valence electrons. The van der Waals surface area contributed by atoms with Gasteiger partial charge in [0, 0.05) is 43.1 Å². The molecule has 8 nitrogen and oxygen atoms in total. The minimum absolute atomic E-state index is 0.0427. The number of morpholine rings is 1. The first-order chi connectivity index (χ1) is 18.6. The van der Waals surface area contributed by atoms with Gasteiger partial charge in [0.1, 0.15) is 23.6 Å². The number of fused-ring (bicyclic) bond motifs is 1. The fraction of sp³-hybridized carbons (Fsp3) is 0.536. The Balaban J connectivity index is 1.42. The van der Waals surface area contributed by atoms with Crippen LogP contribution in [0.1, 0.15) is 37.8 Å². The first-order valence-electron chi connectivity index (χ1n) is 13.1. The Hall–Kier alpha value is -2.54. The molecular weight excluding hydrogens is 517 g/mol. The molecule has 1 aliphatic carbocycles. The molecule has 2 aromatic carbocycles. The molecule has 2 aromatic rings. The van der Waals surface area contributed by atoms with Crippen molar-refractivity contribution >= 4 is 5.91 Å². The van der Waals surface area contributed by atoms with Crippen LogP contribution in [-0.4, -0.2) is 66.9 Å². The second kappa shape index (κ2) is 11.5. The Morgan fingerprint density at radius 1 is 1.00 bits per heavy atom. The largest absolute Gasteiger partial charge is 0.379 e. The maximum atomic E-state index is 14.5. The minimum atomic E-state index is -1.47. The van der Waals surface area contributed by atoms with Gasteiger partial charge in [-0.05, 0) is 26.0 Å². The summed E-state index contributed by atoms with van der Waals surface area (Å²) in [6, 6.07) is 9.45. The molecule has 39 heavy (non-hydrogen) atoms. The number of carbonyl (C=O) groups excluding carboxylic acids is 1. The number of nitrogens with zero attached hydrogens (tertiary/aromatic N) is 1. The third-order valence-electron chi connectivity index (χ3n) is 7.26. The van der Waals surface area contributed by atoms with Crippen LogP contribution in [0.25, 0.3) is 0 Å². The summed E-state index contributed by atoms with van der Waals surface area (Å²) >= 11 is 0. The van der Waals surface area contributed by atoms with Crippen LogP contribution in [-0.2, 0) is 41.7 Å². The number of hydrogen-bond acceptors (Lipinski definition) is 7. The molecular formula is C28H33F3N2O6. The summed E-state index contributed by atoms with van der Waals surface area (Å²) in [5.74, 6) is -3.26. The van der Waals surface area contributed by atoms with Gasteiger partial charge in [-0.2, -0.15) is 0 Å². The highest BCUT2D eigenvalue weighted by Crippen LogP contribution is 2.44. The van der Waals surface area contributed by atoms with E-state index in [9.17, 15) is 18.0 Å². The van der Waals surface area contributed by atoms with Gasteiger partial charge in [0.05, 0.1) is 38.6 Å². The van der Waals surface area contributed by atoms with E-state index in [0.717, 1.165) is 12.1 Å². The maximum absolute atomic E-state index is 14.5. The molecule has 1 saturated carbocycles. The normalized spacial score (nSPS) is 28.7. The zero-order valence-electron chi connectivity index (χ0n) is 22.0. The van der Waals surface area contributed by atoms with Crippen LogP contribution in [0.2, 0.25) is 0 Å². The van der Waals surface area contributed by atoms with Crippen molar-refractivity contribution in [2.75, 3.05) is 26.3 Å². The van der Waals surface area contributed by atoms with E-state index in [1.165, 1.54) is 12.1 Å². The molecule has 1 amide bonds. The van der Waals surface area contributed by atoms with E-state index >= 15 is 0 Å². The molecule has 1 N–H and O–H groups in total. The highest BCUT2D eigenvalue weighted by Gasteiger charge is 2.58. The van der Waals surface area contributed by atoms with Crippen molar-refractivity contribution in [1.82, 2.24) is 10.4 Å². The summed E-state index contributed by atoms with van der Waals surface area (Å²) in [7, 11) is 0. The van der Waals surface area contributed by atoms with Crippen LogP contribution in [0.5, 0.6) is 0 Å². The summed E-state index contributed by atoms with van der Waals surface area (Å²) < 4.78 is 72.4. The van der Waals surface area contributed by atoms with Gasteiger partial charge >= 0.3 is 0 Å². The molecule has 0 unspecified atom stereocenters. The molecule has 0 bridgehead atoms. The second-order valence-corrected chi connectivity index (χ2v) is 10.5. The molecule has 2 heterocycles. The number of halogens is 3. The van der Waals surface area contributed by atoms with Crippen LogP contribution in [0.15, 0.2) is 42.5 Å². The van der Waals surface area contributed by atoms with Crippen LogP contribution < -0.4 is 5.43 Å². The van der Waals surface area contributed by atoms with Crippen molar-refractivity contribution < 1.29 is 41.7 Å². The third-order valence-corrected chi connectivity index (χ3v) is 7.26. The Kier molecular flexibility index (Phi) is 8.27. The zero-order valence-corrected chi connectivity index (χ0v) is 22.0. The van der Waals surface area contributed by atoms with Gasteiger partial charge < -0.3 is 23.7 Å². The average Bonchev–Trinajstić information content (AvgIpc) is 3.22. The quantitative estimate of drug-likeness (QED) is 0.538. The molecule has 0 spiro atoms. The lowest BCUT2D eigenvalue weighted by molar-refractivity contribution is -0.188. The number of rotatable bonds is 8. The third kappa shape index (κ3) is 6.45. The van der Waals surface area contributed by atoms with Gasteiger partial charge in [0.25, 0.3) is 5.91 Å². The molecule has 5 rings (SSSR count). The molecule has 4 atom stereocenters. The van der Waals surface area contributed by atoms with Crippen molar-refractivity contribution in [3.05, 3.63) is 71.0 Å². The lowest BCUT2D eigenvalue weighted by Gasteiger charge is -2.44. The van der Waals surface area contributed by atoms with Crippen LogP contribution in [0.3, 0.4) is 0 Å². The predicted octanol–water partition coefficient (Wildman–Crippen LogP) is 3.62. The first kappa shape index (κ1) is 28.0. The number of benzene rings is 2. The number of amides is 1. The summed E-state index contributed by atoms with van der Waals surface area (Å²) in [5.41, 5.74) is 1.92. The Morgan fingerprint density at radius 2 is 1.74 bits per heavy atom. The van der Waals surface area contributed by atoms with Crippen molar-refractivity contribution in [2.45, 2.75) is 69.6 Å². The summed E-state index contributed by atoms with van der Waals surface area (Å²) in [6.07, 6.45) is -1.72. The summed E-state index contributed by atoms with van der Waals surface area (Å²) in [6.45, 7) is 5.11. The van der Waals surface area contributed by atoms with Gasteiger partial charge in [-0.25, -0.2) is 18.2 Å². The van der Waals surface area contributed by atoms with E-state index < -0.39 is 53.1 Å². The van der Waals surface area contributed by atoms with Gasteiger partial charge in [0.2, 0.25) is 0 Å². The fourth-order valence-corrected chi connectivity index (χ4v) is 5.30. The SMILES string of the molecule is CC1(C)O[C@H]2[C@H](OCc3ccc(F)cc3F)C[C@](OCc3ccccc3F)(C(=O)NN3CCOCC3)C[C@H]2O1. The number of nitrogens with one attached hydrogen (secondary N) is 1. The van der Waals surface area contributed by atoms with Crippen LogP contribution in [0.4, 0.5) is 13.2 Å². The minimum Gasteiger partial charge on any atom is -0.379 e. The second-order valence-electron chi connectivity index (χ2n) is 10.5. The highest BCUT2D eigenvalue weighted by atomic mass is 19.1. The number of ether oxygens (including phenoxy) is 5. The average molecular weight is 551 g/mol. The van der Waals surface area contributed by atoms with Crippen molar-refractivity contribution in [3.63, 3.8) is 0 Å². The maximum Gasteiger partial charge on any atom is 0.266 e. The van der Waals surface area contributed by atoms with Gasteiger partial charge in [-0.15, -0.1) is 0 Å². The van der Waals surface area contributed by atoms with E-state index in [4.69, 9.17) is 23.7 Å². The standard InChI is InChI=1S/C28H33F3N2O6/c1-27(2)38-24-15-28(26(34)32-33-9-11-35-12-10-33,37-17-18-5-3-4-6-21(18)30)14-23(25(24)39-27)36-16-19-7-8-20(29)13-22(19)31/h3-8,13,23-25H,9-12,14-17H2,1-2H3,(H,32,34)/t23-,24-,25+,28-/m1/s1. The van der Waals surface area contributed by atoms with Crippen LogP contribution in [0, 0.1) is 17.5 Å². The van der Waals surface area contributed by atoms with Gasteiger partial charge in [-0.3, -0.25) is 10.2 Å². The Labute approximate surface area is 225 Å².